The van der Waals surface area contributed by atoms with Gasteiger partial charge in [0.1, 0.15) is 11.9 Å². The van der Waals surface area contributed by atoms with Gasteiger partial charge >= 0.3 is 0 Å². The van der Waals surface area contributed by atoms with Crippen molar-refractivity contribution in [2.75, 3.05) is 19.7 Å². The van der Waals surface area contributed by atoms with Crippen molar-refractivity contribution in [3.63, 3.8) is 0 Å². The van der Waals surface area contributed by atoms with Crippen LogP contribution in [0, 0.1) is 5.82 Å². The van der Waals surface area contributed by atoms with Gasteiger partial charge in [-0.2, -0.15) is 0 Å². The molecular formula is C24H30ClFN2O3. The zero-order chi connectivity index (χ0) is 22.4. The molecule has 0 spiro atoms. The van der Waals surface area contributed by atoms with E-state index in [4.69, 9.17) is 21.2 Å². The lowest BCUT2D eigenvalue weighted by atomic mass is 10.0. The first kappa shape index (κ1) is 23.7. The highest BCUT2D eigenvalue weighted by molar-refractivity contribution is 6.30. The molecule has 168 valence electrons. The van der Waals surface area contributed by atoms with Gasteiger partial charge in [-0.05, 0) is 44.5 Å². The summed E-state index contributed by atoms with van der Waals surface area (Å²) < 4.78 is 19.8. The van der Waals surface area contributed by atoms with Crippen molar-refractivity contribution in [1.82, 2.24) is 4.90 Å². The number of aliphatic hydroxyl groups excluding tert-OH is 1. The Kier molecular flexibility index (Phi) is 8.06. The average molecular weight is 449 g/mol. The summed E-state index contributed by atoms with van der Waals surface area (Å²) in [7, 11) is 0. The highest BCUT2D eigenvalue weighted by Crippen LogP contribution is 2.21. The average Bonchev–Trinajstić information content (AvgIpc) is 3.14. The summed E-state index contributed by atoms with van der Waals surface area (Å²) in [5, 5.41) is 15.3. The quantitative estimate of drug-likeness (QED) is 0.606. The van der Waals surface area contributed by atoms with Crippen molar-refractivity contribution < 1.29 is 19.1 Å². The van der Waals surface area contributed by atoms with E-state index in [-0.39, 0.29) is 24.1 Å². The topological polar surface area (TPSA) is 54.3 Å². The Labute approximate surface area is 188 Å². The Morgan fingerprint density at radius 1 is 1.26 bits per heavy atom. The number of nitrogens with zero attached hydrogens (tertiary/aromatic N) is 2. The summed E-state index contributed by atoms with van der Waals surface area (Å²) in [5.41, 5.74) is 1.77. The number of halogens is 2. The minimum Gasteiger partial charge on any atom is -0.390 e. The third-order valence-electron chi connectivity index (χ3n) is 4.85. The fourth-order valence-electron chi connectivity index (χ4n) is 3.46. The molecule has 0 aromatic heterocycles. The van der Waals surface area contributed by atoms with Crippen LogP contribution in [0.25, 0.3) is 0 Å². The number of rotatable bonds is 9. The molecule has 0 radical (unpaired) electrons. The van der Waals surface area contributed by atoms with E-state index in [2.05, 4.69) is 10.1 Å². The molecule has 7 heteroatoms. The molecule has 1 heterocycles. The van der Waals surface area contributed by atoms with E-state index in [0.717, 1.165) is 5.56 Å². The van der Waals surface area contributed by atoms with Crippen LogP contribution >= 0.6 is 11.6 Å². The first-order valence-electron chi connectivity index (χ1n) is 10.5. The molecule has 1 aliphatic rings. The largest absolute Gasteiger partial charge is 0.390 e. The Morgan fingerprint density at radius 3 is 2.74 bits per heavy atom. The number of oxime groups is 1. The minimum absolute atomic E-state index is 0.232. The van der Waals surface area contributed by atoms with E-state index in [1.165, 1.54) is 6.07 Å². The molecule has 0 saturated heterocycles. The van der Waals surface area contributed by atoms with Gasteiger partial charge in [0.2, 0.25) is 0 Å². The third-order valence-corrected chi connectivity index (χ3v) is 5.09. The van der Waals surface area contributed by atoms with Crippen molar-refractivity contribution in [2.45, 2.75) is 51.5 Å². The summed E-state index contributed by atoms with van der Waals surface area (Å²) in [6.07, 6.45) is -0.391. The van der Waals surface area contributed by atoms with Crippen LogP contribution in [0.4, 0.5) is 4.39 Å². The van der Waals surface area contributed by atoms with Gasteiger partial charge in [-0.3, -0.25) is 4.90 Å². The molecule has 0 unspecified atom stereocenters. The molecule has 0 fully saturated rings. The van der Waals surface area contributed by atoms with Gasteiger partial charge in [-0.25, -0.2) is 4.39 Å². The lowest BCUT2D eigenvalue weighted by Gasteiger charge is -2.28. The van der Waals surface area contributed by atoms with Crippen molar-refractivity contribution in [3.05, 3.63) is 70.5 Å². The Hall–Kier alpha value is -1.99. The Bertz CT molecular complexity index is 900. The smallest absolute Gasteiger partial charge is 0.145 e. The fraction of sp³-hybridized carbons (Fsp3) is 0.458. The standard InChI is InChI=1S/C24H30ClFN2O3/c1-24(2,3)30-16-19(29)14-28(13-17-7-6-8-18(25)11-17)15-20-12-23(27-31-20)21-9-4-5-10-22(21)26/h4-11,19-20,29H,12-16H2,1-3H3/t19-,20+/m0/s1. The van der Waals surface area contributed by atoms with E-state index >= 15 is 0 Å². The molecule has 2 atom stereocenters. The van der Waals surface area contributed by atoms with Crippen molar-refractivity contribution >= 4 is 17.3 Å². The van der Waals surface area contributed by atoms with E-state index in [0.29, 0.717) is 42.4 Å². The van der Waals surface area contributed by atoms with Crippen LogP contribution < -0.4 is 0 Å². The van der Waals surface area contributed by atoms with Crippen molar-refractivity contribution in [3.8, 4) is 0 Å². The second-order valence-corrected chi connectivity index (χ2v) is 9.29. The van der Waals surface area contributed by atoms with Crippen LogP contribution in [0.3, 0.4) is 0 Å². The molecule has 0 aliphatic carbocycles. The molecule has 3 rings (SSSR count). The molecule has 5 nitrogen and oxygen atoms in total. The van der Waals surface area contributed by atoms with Gasteiger partial charge in [0, 0.05) is 36.6 Å². The van der Waals surface area contributed by atoms with E-state index < -0.39 is 6.10 Å². The molecule has 0 saturated carbocycles. The number of benzene rings is 2. The first-order valence-corrected chi connectivity index (χ1v) is 10.8. The number of hydrogen-bond donors (Lipinski definition) is 1. The van der Waals surface area contributed by atoms with Gasteiger partial charge in [-0.1, -0.05) is 47.1 Å². The van der Waals surface area contributed by atoms with Crippen molar-refractivity contribution in [2.24, 2.45) is 5.16 Å². The van der Waals surface area contributed by atoms with Gasteiger partial charge in [0.05, 0.1) is 24.0 Å². The van der Waals surface area contributed by atoms with Crippen LogP contribution in [0.2, 0.25) is 5.02 Å². The molecule has 1 N–H and O–H groups in total. The van der Waals surface area contributed by atoms with Gasteiger partial charge in [-0.15, -0.1) is 0 Å². The van der Waals surface area contributed by atoms with Crippen LogP contribution in [0.1, 0.15) is 38.3 Å². The van der Waals surface area contributed by atoms with E-state index in [1.54, 1.807) is 18.2 Å². The number of hydrogen-bond acceptors (Lipinski definition) is 5. The summed E-state index contributed by atoms with van der Waals surface area (Å²) >= 11 is 6.14. The van der Waals surface area contributed by atoms with Gasteiger partial charge in [0.15, 0.2) is 0 Å². The maximum atomic E-state index is 14.1. The van der Waals surface area contributed by atoms with Crippen LogP contribution in [0.5, 0.6) is 0 Å². The maximum Gasteiger partial charge on any atom is 0.145 e. The van der Waals surface area contributed by atoms with Gasteiger partial charge in [0.25, 0.3) is 0 Å². The predicted octanol–water partition coefficient (Wildman–Crippen LogP) is 4.65. The Morgan fingerprint density at radius 2 is 2.03 bits per heavy atom. The molecule has 2 aromatic carbocycles. The van der Waals surface area contributed by atoms with E-state index in [9.17, 15) is 9.50 Å². The second kappa shape index (κ2) is 10.6. The maximum absolute atomic E-state index is 14.1. The summed E-state index contributed by atoms with van der Waals surface area (Å²) in [5.74, 6) is -0.309. The minimum atomic E-state index is -0.660. The Balaban J connectivity index is 1.64. The third kappa shape index (κ3) is 7.58. The SMILES string of the molecule is CC(C)(C)OC[C@@H](O)CN(Cc1cccc(Cl)c1)C[C@H]1CC(c2ccccc2F)=NO1. The molecule has 0 amide bonds. The molecule has 0 bridgehead atoms. The highest BCUT2D eigenvalue weighted by Gasteiger charge is 2.27. The monoisotopic (exact) mass is 448 g/mol. The zero-order valence-electron chi connectivity index (χ0n) is 18.2. The van der Waals surface area contributed by atoms with E-state index in [1.807, 2.05) is 45.0 Å². The second-order valence-electron chi connectivity index (χ2n) is 8.85. The van der Waals surface area contributed by atoms with Crippen LogP contribution in [-0.4, -0.2) is 53.2 Å². The molecule has 2 aromatic rings. The fourth-order valence-corrected chi connectivity index (χ4v) is 3.68. The van der Waals surface area contributed by atoms with Crippen LogP contribution in [0.15, 0.2) is 53.7 Å². The summed E-state index contributed by atoms with van der Waals surface area (Å²) in [6.45, 7) is 7.62. The lowest BCUT2D eigenvalue weighted by Crippen LogP contribution is -2.40. The first-order chi connectivity index (χ1) is 14.7. The lowest BCUT2D eigenvalue weighted by molar-refractivity contribution is -0.0600. The zero-order valence-corrected chi connectivity index (χ0v) is 19.0. The highest BCUT2D eigenvalue weighted by atomic mass is 35.5. The van der Waals surface area contributed by atoms with Crippen LogP contribution in [-0.2, 0) is 16.1 Å². The summed E-state index contributed by atoms with van der Waals surface area (Å²) in [4.78, 5) is 7.69. The molecule has 1 aliphatic heterocycles. The number of ether oxygens (including phenoxy) is 1. The molecule has 31 heavy (non-hydrogen) atoms. The number of aliphatic hydroxyl groups is 1. The summed E-state index contributed by atoms with van der Waals surface area (Å²) in [6, 6.07) is 14.2. The van der Waals surface area contributed by atoms with Gasteiger partial charge < -0.3 is 14.7 Å². The predicted molar refractivity (Wildman–Crippen MR) is 121 cm³/mol. The molecular weight excluding hydrogens is 419 g/mol. The normalized spacial score (nSPS) is 17.5. The van der Waals surface area contributed by atoms with Crippen molar-refractivity contribution in [1.29, 1.82) is 0 Å².